The Bertz CT molecular complexity index is 1680. The maximum absolute atomic E-state index is 14.8. The molecule has 1 amide bonds. The molecule has 6 rings (SSSR count). The fourth-order valence-corrected chi connectivity index (χ4v) is 5.61. The summed E-state index contributed by atoms with van der Waals surface area (Å²) in [5.41, 5.74) is 4.42. The number of carbonyl (C=O) groups is 1. The molecule has 2 aromatic heterocycles. The van der Waals surface area contributed by atoms with Gasteiger partial charge in [0.1, 0.15) is 23.7 Å². The van der Waals surface area contributed by atoms with Gasteiger partial charge in [0.15, 0.2) is 5.82 Å². The van der Waals surface area contributed by atoms with Gasteiger partial charge in [-0.3, -0.25) is 14.6 Å². The second kappa shape index (κ2) is 13.3. The van der Waals surface area contributed by atoms with Crippen LogP contribution in [-0.2, 0) is 9.63 Å². The van der Waals surface area contributed by atoms with Crippen LogP contribution in [0.4, 0.5) is 33.1 Å². The smallest absolute Gasteiger partial charge is 0.247 e. The Morgan fingerprint density at radius 3 is 2.69 bits per heavy atom. The molecule has 0 bridgehead atoms. The zero-order chi connectivity index (χ0) is 31.3. The fraction of sp³-hybridized carbons (Fsp3) is 0.273. The number of amides is 1. The third kappa shape index (κ3) is 6.71. The van der Waals surface area contributed by atoms with Crippen LogP contribution in [-0.4, -0.2) is 72.7 Å². The Kier molecular flexibility index (Phi) is 8.85. The standard InChI is InChI=1S/C33H35FN8O3/c1-4-33(43)39-26-17-27(30(44-3)18-29(26)41-11-9-40(2)10-12-41)38-31-19-32(37-21-36-31)42-28(7-13-45-42)24-14-23(15-25(34)16-24)22-6-5-8-35-20-22/h4-6,8,14-21,28H,1,7,9-13H2,2-3H3,(H,39,43)(H,36,37,38). The summed E-state index contributed by atoms with van der Waals surface area (Å²) < 4.78 is 20.6. The average Bonchev–Trinajstić information content (AvgIpc) is 3.56. The van der Waals surface area contributed by atoms with E-state index in [4.69, 9.17) is 9.57 Å². The topological polar surface area (TPSA) is 108 Å². The molecule has 4 heterocycles. The molecule has 2 fully saturated rings. The monoisotopic (exact) mass is 610 g/mol. The molecule has 2 aromatic carbocycles. The maximum atomic E-state index is 14.8. The Morgan fingerprint density at radius 2 is 1.93 bits per heavy atom. The van der Waals surface area contributed by atoms with Crippen LogP contribution in [0.5, 0.6) is 5.75 Å². The zero-order valence-electron chi connectivity index (χ0n) is 25.2. The van der Waals surface area contributed by atoms with Crippen LogP contribution in [0.2, 0.25) is 0 Å². The summed E-state index contributed by atoms with van der Waals surface area (Å²) >= 11 is 0. The van der Waals surface area contributed by atoms with Gasteiger partial charge >= 0.3 is 0 Å². The molecule has 0 radical (unpaired) electrons. The summed E-state index contributed by atoms with van der Waals surface area (Å²) in [6, 6.07) is 13.9. The highest BCUT2D eigenvalue weighted by molar-refractivity contribution is 6.02. The molecule has 2 N–H and O–H groups in total. The van der Waals surface area contributed by atoms with E-state index in [1.54, 1.807) is 30.6 Å². The number of hydrogen-bond donors (Lipinski definition) is 2. The van der Waals surface area contributed by atoms with Crippen LogP contribution in [0.15, 0.2) is 79.9 Å². The predicted octanol–water partition coefficient (Wildman–Crippen LogP) is 5.19. The highest BCUT2D eigenvalue weighted by atomic mass is 19.1. The molecule has 12 heteroatoms. The number of carbonyl (C=O) groups excluding carboxylic acids is 1. The number of aromatic nitrogens is 3. The number of methoxy groups -OCH3 is 1. The third-order valence-electron chi connectivity index (χ3n) is 7.95. The lowest BCUT2D eigenvalue weighted by atomic mass is 9.98. The first kappa shape index (κ1) is 30.0. The van der Waals surface area contributed by atoms with Crippen LogP contribution < -0.4 is 25.3 Å². The molecule has 11 nitrogen and oxygen atoms in total. The molecule has 0 saturated carbocycles. The Morgan fingerprint density at radius 1 is 1.09 bits per heavy atom. The molecule has 0 spiro atoms. The van der Waals surface area contributed by atoms with E-state index < -0.39 is 0 Å². The van der Waals surface area contributed by atoms with Crippen LogP contribution in [0.25, 0.3) is 11.1 Å². The van der Waals surface area contributed by atoms with Crippen LogP contribution in [0, 0.1) is 5.82 Å². The fourth-order valence-electron chi connectivity index (χ4n) is 5.61. The number of anilines is 5. The van der Waals surface area contributed by atoms with Crippen molar-refractivity contribution in [2.45, 2.75) is 12.5 Å². The number of piperazine rings is 1. The van der Waals surface area contributed by atoms with Crippen molar-refractivity contribution < 1.29 is 18.8 Å². The quantitative estimate of drug-likeness (QED) is 0.246. The van der Waals surface area contributed by atoms with Gasteiger partial charge in [0, 0.05) is 62.7 Å². The van der Waals surface area contributed by atoms with Gasteiger partial charge < -0.3 is 25.2 Å². The van der Waals surface area contributed by atoms with Crippen molar-refractivity contribution in [2.75, 3.05) is 67.5 Å². The van der Waals surface area contributed by atoms with E-state index >= 15 is 0 Å². The Balaban J connectivity index is 1.29. The van der Waals surface area contributed by atoms with E-state index in [9.17, 15) is 9.18 Å². The van der Waals surface area contributed by atoms with E-state index in [2.05, 4.69) is 49.0 Å². The van der Waals surface area contributed by atoms with Gasteiger partial charge in [0.2, 0.25) is 5.91 Å². The maximum Gasteiger partial charge on any atom is 0.247 e. The number of rotatable bonds is 9. The second-order valence-corrected chi connectivity index (χ2v) is 10.9. The number of ether oxygens (including phenoxy) is 1. The lowest BCUT2D eigenvalue weighted by Crippen LogP contribution is -2.44. The first-order chi connectivity index (χ1) is 21.9. The third-order valence-corrected chi connectivity index (χ3v) is 7.95. The van der Waals surface area contributed by atoms with Crippen molar-refractivity contribution >= 4 is 34.6 Å². The first-order valence-electron chi connectivity index (χ1n) is 14.7. The van der Waals surface area contributed by atoms with E-state index in [0.717, 1.165) is 48.6 Å². The molecule has 2 aliphatic heterocycles. The van der Waals surface area contributed by atoms with Gasteiger partial charge in [-0.1, -0.05) is 12.6 Å². The largest absolute Gasteiger partial charge is 0.494 e. The molecule has 45 heavy (non-hydrogen) atoms. The van der Waals surface area contributed by atoms with Gasteiger partial charge in [-0.05, 0) is 54.6 Å². The molecule has 2 saturated heterocycles. The molecule has 232 valence electrons. The minimum Gasteiger partial charge on any atom is -0.494 e. The number of hydrogen-bond acceptors (Lipinski definition) is 10. The minimum atomic E-state index is -0.338. The summed E-state index contributed by atoms with van der Waals surface area (Å²) in [4.78, 5) is 35.9. The number of hydroxylamine groups is 1. The normalized spacial score (nSPS) is 16.8. The summed E-state index contributed by atoms with van der Waals surface area (Å²) in [6.07, 6.45) is 6.73. The molecular weight excluding hydrogens is 575 g/mol. The Labute approximate surface area is 261 Å². The van der Waals surface area contributed by atoms with Crippen molar-refractivity contribution in [3.05, 3.63) is 91.3 Å². The zero-order valence-corrected chi connectivity index (χ0v) is 25.2. The van der Waals surface area contributed by atoms with E-state index in [0.29, 0.717) is 41.8 Å². The highest BCUT2D eigenvalue weighted by Gasteiger charge is 2.30. The lowest BCUT2D eigenvalue weighted by Gasteiger charge is -2.35. The number of nitrogens with zero attached hydrogens (tertiary/aromatic N) is 6. The number of likely N-dealkylation sites (N-methyl/N-ethyl adjacent to an activating group) is 1. The van der Waals surface area contributed by atoms with Crippen molar-refractivity contribution in [1.29, 1.82) is 0 Å². The summed E-state index contributed by atoms with van der Waals surface area (Å²) in [6.45, 7) is 7.48. The highest BCUT2D eigenvalue weighted by Crippen LogP contribution is 2.40. The van der Waals surface area contributed by atoms with Crippen LogP contribution in [0.3, 0.4) is 0 Å². The molecule has 1 unspecified atom stereocenters. The van der Waals surface area contributed by atoms with Crippen molar-refractivity contribution in [1.82, 2.24) is 19.9 Å². The molecule has 2 aliphatic rings. The lowest BCUT2D eigenvalue weighted by molar-refractivity contribution is -0.111. The molecule has 4 aromatic rings. The van der Waals surface area contributed by atoms with Crippen molar-refractivity contribution in [3.8, 4) is 16.9 Å². The molecular formula is C33H35FN8O3. The summed E-state index contributed by atoms with van der Waals surface area (Å²) in [7, 11) is 3.69. The van der Waals surface area contributed by atoms with Gasteiger partial charge in [0.25, 0.3) is 0 Å². The van der Waals surface area contributed by atoms with Gasteiger partial charge in [-0.15, -0.1) is 0 Å². The molecule has 0 aliphatic carbocycles. The van der Waals surface area contributed by atoms with E-state index in [1.807, 2.05) is 30.3 Å². The number of halogens is 1. The van der Waals surface area contributed by atoms with E-state index in [1.165, 1.54) is 24.5 Å². The van der Waals surface area contributed by atoms with Crippen LogP contribution >= 0.6 is 0 Å². The first-order valence-corrected chi connectivity index (χ1v) is 14.7. The summed E-state index contributed by atoms with van der Waals surface area (Å²) in [5, 5.41) is 7.96. The van der Waals surface area contributed by atoms with Crippen LogP contribution in [0.1, 0.15) is 18.0 Å². The van der Waals surface area contributed by atoms with Crippen molar-refractivity contribution in [3.63, 3.8) is 0 Å². The van der Waals surface area contributed by atoms with Gasteiger partial charge in [-0.25, -0.2) is 19.4 Å². The number of nitrogens with one attached hydrogen (secondary N) is 2. The molecule has 1 atom stereocenters. The minimum absolute atomic E-state index is 0.267. The summed E-state index contributed by atoms with van der Waals surface area (Å²) in [5.74, 6) is 0.923. The SMILES string of the molecule is C=CC(=O)Nc1cc(Nc2cc(N3OCCC3c3cc(F)cc(-c4cccnc4)c3)ncn2)c(OC)cc1N1CCN(C)CC1. The van der Waals surface area contributed by atoms with Gasteiger partial charge in [0.05, 0.1) is 36.8 Å². The van der Waals surface area contributed by atoms with E-state index in [-0.39, 0.29) is 17.8 Å². The Hall–Kier alpha value is -5.07. The van der Waals surface area contributed by atoms with Gasteiger partial charge in [-0.2, -0.15) is 0 Å². The second-order valence-electron chi connectivity index (χ2n) is 10.9. The number of pyridine rings is 1. The van der Waals surface area contributed by atoms with Crippen molar-refractivity contribution in [2.24, 2.45) is 0 Å². The predicted molar refractivity (Wildman–Crippen MR) is 172 cm³/mol. The average molecular weight is 611 g/mol. The number of benzene rings is 2.